The van der Waals surface area contributed by atoms with Crippen molar-refractivity contribution < 1.29 is 4.79 Å². The maximum absolute atomic E-state index is 12.1. The van der Waals surface area contributed by atoms with Crippen LogP contribution in [-0.2, 0) is 0 Å². The number of Topliss-reactive ketones (excluding diaryl/α,β-unsaturated/α-hetero) is 1. The monoisotopic (exact) mass is 266 g/mol. The van der Waals surface area contributed by atoms with Gasteiger partial charge in [-0.05, 0) is 12.0 Å². The predicted molar refractivity (Wildman–Crippen MR) is 65.7 cm³/mol. The van der Waals surface area contributed by atoms with Crippen LogP contribution in [0, 0.1) is 5.92 Å². The number of hydrogen-bond donors (Lipinski definition) is 0. The van der Waals surface area contributed by atoms with Gasteiger partial charge in [0.2, 0.25) is 0 Å². The third-order valence-electron chi connectivity index (χ3n) is 3.21. The second-order valence-corrected chi connectivity index (χ2v) is 4.75. The number of alkyl halides is 1. The van der Waals surface area contributed by atoms with Gasteiger partial charge in [-0.15, -0.1) is 0 Å². The molecule has 1 nitrogen and oxygen atoms in total. The predicted octanol–water partition coefficient (Wildman–Crippen LogP) is 3.78. The van der Waals surface area contributed by atoms with Crippen molar-refractivity contribution in [3.8, 4) is 0 Å². The highest BCUT2D eigenvalue weighted by Gasteiger charge is 2.37. The lowest BCUT2D eigenvalue weighted by molar-refractivity contribution is 0.0920. The molecule has 0 N–H and O–H groups in total. The Morgan fingerprint density at radius 3 is 2.67 bits per heavy atom. The Labute approximate surface area is 99.0 Å². The minimum Gasteiger partial charge on any atom is -0.294 e. The molecule has 2 atom stereocenters. The fourth-order valence-electron chi connectivity index (χ4n) is 2.48. The SMILES string of the molecule is CCC[C@@H]1C(=O)c2ccccc2[C@H]1CBr. The van der Waals surface area contributed by atoms with E-state index in [1.165, 1.54) is 5.56 Å². The zero-order valence-corrected chi connectivity index (χ0v) is 10.5. The first kappa shape index (κ1) is 10.9. The number of halogens is 1. The summed E-state index contributed by atoms with van der Waals surface area (Å²) in [5, 5.41) is 0.889. The molecule has 0 fully saturated rings. The van der Waals surface area contributed by atoms with Crippen molar-refractivity contribution in [1.82, 2.24) is 0 Å². The van der Waals surface area contributed by atoms with Crippen LogP contribution >= 0.6 is 15.9 Å². The van der Waals surface area contributed by atoms with Crippen molar-refractivity contribution >= 4 is 21.7 Å². The minimum absolute atomic E-state index is 0.201. The van der Waals surface area contributed by atoms with Crippen LogP contribution in [-0.4, -0.2) is 11.1 Å². The van der Waals surface area contributed by atoms with Gasteiger partial charge in [0.25, 0.3) is 0 Å². The summed E-state index contributed by atoms with van der Waals surface area (Å²) < 4.78 is 0. The van der Waals surface area contributed by atoms with E-state index in [0.717, 1.165) is 23.7 Å². The first-order chi connectivity index (χ1) is 7.29. The Hall–Kier alpha value is -0.630. The van der Waals surface area contributed by atoms with E-state index in [1.807, 2.05) is 18.2 Å². The maximum atomic E-state index is 12.1. The van der Waals surface area contributed by atoms with Gasteiger partial charge >= 0.3 is 0 Å². The van der Waals surface area contributed by atoms with E-state index in [4.69, 9.17) is 0 Å². The lowest BCUT2D eigenvalue weighted by Gasteiger charge is -2.15. The lowest BCUT2D eigenvalue weighted by atomic mass is 9.90. The topological polar surface area (TPSA) is 17.1 Å². The summed E-state index contributed by atoms with van der Waals surface area (Å²) >= 11 is 3.53. The summed E-state index contributed by atoms with van der Waals surface area (Å²) in [7, 11) is 0. The van der Waals surface area contributed by atoms with Gasteiger partial charge in [0, 0.05) is 22.7 Å². The molecule has 0 unspecified atom stereocenters. The van der Waals surface area contributed by atoms with Crippen molar-refractivity contribution in [2.24, 2.45) is 5.92 Å². The third kappa shape index (κ3) is 1.76. The molecule has 15 heavy (non-hydrogen) atoms. The number of benzene rings is 1. The molecule has 0 heterocycles. The van der Waals surface area contributed by atoms with E-state index < -0.39 is 0 Å². The molecular weight excluding hydrogens is 252 g/mol. The van der Waals surface area contributed by atoms with E-state index in [1.54, 1.807) is 0 Å². The second kappa shape index (κ2) is 4.48. The molecule has 0 aromatic heterocycles. The van der Waals surface area contributed by atoms with Crippen LogP contribution < -0.4 is 0 Å². The third-order valence-corrected chi connectivity index (χ3v) is 3.91. The molecular formula is C13H15BrO. The number of rotatable bonds is 3. The molecule has 1 aliphatic carbocycles. The van der Waals surface area contributed by atoms with E-state index in [-0.39, 0.29) is 5.92 Å². The lowest BCUT2D eigenvalue weighted by Crippen LogP contribution is -2.14. The van der Waals surface area contributed by atoms with Crippen molar-refractivity contribution in [2.45, 2.75) is 25.7 Å². The van der Waals surface area contributed by atoms with Crippen molar-refractivity contribution in [3.63, 3.8) is 0 Å². The van der Waals surface area contributed by atoms with Gasteiger partial charge in [-0.2, -0.15) is 0 Å². The van der Waals surface area contributed by atoms with Crippen molar-refractivity contribution in [3.05, 3.63) is 35.4 Å². The highest BCUT2D eigenvalue weighted by atomic mass is 79.9. The standard InChI is InChI=1S/C13H15BrO/c1-2-5-10-12(8-14)9-6-3-4-7-11(9)13(10)15/h3-4,6-7,10,12H,2,5,8H2,1H3/t10-,12+/m0/s1. The van der Waals surface area contributed by atoms with Crippen LogP contribution in [0.5, 0.6) is 0 Å². The summed E-state index contributed by atoms with van der Waals surface area (Å²) in [6.45, 7) is 2.14. The van der Waals surface area contributed by atoms with Crippen LogP contribution in [0.15, 0.2) is 24.3 Å². The summed E-state index contributed by atoms with van der Waals surface area (Å²) in [5.41, 5.74) is 2.18. The van der Waals surface area contributed by atoms with Crippen LogP contribution in [0.1, 0.15) is 41.6 Å². The Morgan fingerprint density at radius 2 is 2.00 bits per heavy atom. The normalized spacial score (nSPS) is 24.3. The first-order valence-electron chi connectivity index (χ1n) is 5.48. The molecule has 0 spiro atoms. The highest BCUT2D eigenvalue weighted by Crippen LogP contribution is 2.40. The van der Waals surface area contributed by atoms with Gasteiger partial charge in [-0.25, -0.2) is 0 Å². The second-order valence-electron chi connectivity index (χ2n) is 4.11. The van der Waals surface area contributed by atoms with Crippen LogP contribution in [0.3, 0.4) is 0 Å². The molecule has 80 valence electrons. The minimum atomic E-state index is 0.201. The zero-order chi connectivity index (χ0) is 10.8. The Kier molecular flexibility index (Phi) is 3.25. The molecule has 0 radical (unpaired) electrons. The van der Waals surface area contributed by atoms with Crippen LogP contribution in [0.4, 0.5) is 0 Å². The number of hydrogen-bond acceptors (Lipinski definition) is 1. The van der Waals surface area contributed by atoms with E-state index in [9.17, 15) is 4.79 Å². The average Bonchev–Trinajstić information content (AvgIpc) is 2.54. The smallest absolute Gasteiger partial charge is 0.166 e. The molecule has 0 saturated heterocycles. The molecule has 0 saturated carbocycles. The first-order valence-corrected chi connectivity index (χ1v) is 6.60. The Balaban J connectivity index is 2.39. The van der Waals surface area contributed by atoms with E-state index in [2.05, 4.69) is 28.9 Å². The average molecular weight is 267 g/mol. The summed E-state index contributed by atoms with van der Waals surface area (Å²) in [6, 6.07) is 8.03. The van der Waals surface area contributed by atoms with Gasteiger partial charge in [0.05, 0.1) is 0 Å². The van der Waals surface area contributed by atoms with Crippen molar-refractivity contribution in [1.29, 1.82) is 0 Å². The largest absolute Gasteiger partial charge is 0.294 e. The molecule has 0 bridgehead atoms. The molecule has 1 aliphatic rings. The summed E-state index contributed by atoms with van der Waals surface area (Å²) in [5.74, 6) is 0.928. The van der Waals surface area contributed by atoms with Crippen LogP contribution in [0.2, 0.25) is 0 Å². The van der Waals surface area contributed by atoms with Gasteiger partial charge in [0.15, 0.2) is 5.78 Å². The van der Waals surface area contributed by atoms with Crippen LogP contribution in [0.25, 0.3) is 0 Å². The number of fused-ring (bicyclic) bond motifs is 1. The highest BCUT2D eigenvalue weighted by molar-refractivity contribution is 9.09. The molecule has 1 aromatic rings. The summed E-state index contributed by atoms with van der Waals surface area (Å²) in [4.78, 5) is 12.1. The fourth-order valence-corrected chi connectivity index (χ4v) is 3.28. The Morgan fingerprint density at radius 1 is 1.27 bits per heavy atom. The molecule has 0 amide bonds. The molecule has 2 rings (SSSR count). The zero-order valence-electron chi connectivity index (χ0n) is 8.87. The van der Waals surface area contributed by atoms with Gasteiger partial charge in [-0.3, -0.25) is 4.79 Å². The molecule has 2 heteroatoms. The number of carbonyl (C=O) groups excluding carboxylic acids is 1. The molecule has 0 aliphatic heterocycles. The maximum Gasteiger partial charge on any atom is 0.166 e. The Bertz CT molecular complexity index is 373. The number of carbonyl (C=O) groups is 1. The fraction of sp³-hybridized carbons (Fsp3) is 0.462. The quantitative estimate of drug-likeness (QED) is 0.762. The number of ketones is 1. The van der Waals surface area contributed by atoms with E-state index in [0.29, 0.717) is 11.7 Å². The van der Waals surface area contributed by atoms with E-state index >= 15 is 0 Å². The van der Waals surface area contributed by atoms with Crippen molar-refractivity contribution in [2.75, 3.05) is 5.33 Å². The van der Waals surface area contributed by atoms with Gasteiger partial charge < -0.3 is 0 Å². The molecule has 1 aromatic carbocycles. The van der Waals surface area contributed by atoms with Gasteiger partial charge in [-0.1, -0.05) is 53.5 Å². The summed E-state index contributed by atoms with van der Waals surface area (Å²) in [6.07, 6.45) is 2.08. The van der Waals surface area contributed by atoms with Gasteiger partial charge in [0.1, 0.15) is 0 Å².